The van der Waals surface area contributed by atoms with E-state index in [1.807, 2.05) is 0 Å². The van der Waals surface area contributed by atoms with E-state index < -0.39 is 41.6 Å². The predicted molar refractivity (Wildman–Crippen MR) is 113 cm³/mol. The molecule has 8 nitrogen and oxygen atoms in total. The van der Waals surface area contributed by atoms with Crippen molar-refractivity contribution in [2.75, 3.05) is 6.61 Å². The van der Waals surface area contributed by atoms with Crippen LogP contribution >= 0.6 is 0 Å². The lowest BCUT2D eigenvalue weighted by molar-refractivity contribution is -0.153. The highest BCUT2D eigenvalue weighted by Crippen LogP contribution is 2.36. The Morgan fingerprint density at radius 2 is 1.89 bits per heavy atom. The van der Waals surface area contributed by atoms with Gasteiger partial charge in [0.2, 0.25) is 0 Å². The molecule has 0 fully saturated rings. The van der Waals surface area contributed by atoms with Gasteiger partial charge in [0, 0.05) is 17.7 Å². The fraction of sp³-hybridized carbons (Fsp3) is 0.273. The molecule has 0 saturated carbocycles. The fourth-order valence-electron chi connectivity index (χ4n) is 3.72. The van der Waals surface area contributed by atoms with E-state index >= 15 is 0 Å². The van der Waals surface area contributed by atoms with Gasteiger partial charge < -0.3 is 9.84 Å². The van der Waals surface area contributed by atoms with Gasteiger partial charge in [0.25, 0.3) is 5.56 Å². The molecule has 2 heterocycles. The van der Waals surface area contributed by atoms with Gasteiger partial charge in [-0.25, -0.2) is 23.4 Å². The van der Waals surface area contributed by atoms with Crippen molar-refractivity contribution in [1.82, 2.24) is 24.3 Å². The zero-order chi connectivity index (χ0) is 25.4. The Hall–Kier alpha value is -3.87. The molecule has 184 valence electrons. The summed E-state index contributed by atoms with van der Waals surface area (Å²) in [6.45, 7) is -0.411. The zero-order valence-electron chi connectivity index (χ0n) is 18.1. The average Bonchev–Trinajstić information content (AvgIpc) is 3.29. The van der Waals surface area contributed by atoms with Crippen molar-refractivity contribution in [3.63, 3.8) is 0 Å². The summed E-state index contributed by atoms with van der Waals surface area (Å²) in [5, 5.41) is 15.6. The highest BCUT2D eigenvalue weighted by atomic mass is 19.4. The summed E-state index contributed by atoms with van der Waals surface area (Å²) in [7, 11) is 0. The quantitative estimate of drug-likeness (QED) is 0.395. The van der Waals surface area contributed by atoms with Gasteiger partial charge in [0.15, 0.2) is 6.61 Å². The molecule has 2 atom stereocenters. The molecule has 2 unspecified atom stereocenters. The molecule has 35 heavy (non-hydrogen) atoms. The van der Waals surface area contributed by atoms with E-state index in [4.69, 9.17) is 0 Å². The molecule has 4 aromatic rings. The first-order valence-electron chi connectivity index (χ1n) is 10.2. The lowest BCUT2D eigenvalue weighted by Crippen LogP contribution is -2.43. The van der Waals surface area contributed by atoms with E-state index in [0.717, 1.165) is 23.0 Å². The molecule has 2 aromatic heterocycles. The number of fused-ring (bicyclic) bond motifs is 1. The maximum Gasteiger partial charge on any atom is 0.422 e. The van der Waals surface area contributed by atoms with Gasteiger partial charge in [-0.05, 0) is 25.1 Å². The normalized spacial score (nSPS) is 14.6. The Balaban J connectivity index is 1.76. The van der Waals surface area contributed by atoms with Crippen LogP contribution in [0.5, 0.6) is 5.75 Å². The van der Waals surface area contributed by atoms with Crippen LogP contribution in [-0.4, -0.2) is 42.2 Å². The minimum atomic E-state index is -4.54. The van der Waals surface area contributed by atoms with Crippen LogP contribution in [0.15, 0.2) is 60.2 Å². The van der Waals surface area contributed by atoms with Crippen LogP contribution in [0.3, 0.4) is 0 Å². The van der Waals surface area contributed by atoms with Gasteiger partial charge in [0.1, 0.15) is 35.6 Å². The molecule has 0 aliphatic rings. The molecule has 2 aromatic carbocycles. The van der Waals surface area contributed by atoms with Crippen LogP contribution in [0.1, 0.15) is 18.5 Å². The van der Waals surface area contributed by atoms with Crippen LogP contribution < -0.4 is 10.3 Å². The number of hydrogen-bond acceptors (Lipinski definition) is 6. The molecule has 0 spiro atoms. The molecule has 0 radical (unpaired) electrons. The molecule has 0 aliphatic heterocycles. The van der Waals surface area contributed by atoms with Crippen LogP contribution in [0, 0.1) is 11.6 Å². The summed E-state index contributed by atoms with van der Waals surface area (Å²) in [6, 6.07) is 5.11. The highest BCUT2D eigenvalue weighted by Gasteiger charge is 2.41. The molecular formula is C22H18F5N5O3. The molecule has 0 aliphatic carbocycles. The first-order chi connectivity index (χ1) is 16.5. The minimum Gasteiger partial charge on any atom is -0.484 e. The monoisotopic (exact) mass is 495 g/mol. The topological polar surface area (TPSA) is 95.1 Å². The van der Waals surface area contributed by atoms with Crippen LogP contribution in [0.25, 0.3) is 10.9 Å². The van der Waals surface area contributed by atoms with Crippen molar-refractivity contribution in [1.29, 1.82) is 0 Å². The Morgan fingerprint density at radius 1 is 1.11 bits per heavy atom. The number of aromatic nitrogens is 5. The van der Waals surface area contributed by atoms with Crippen LogP contribution in [0.4, 0.5) is 22.0 Å². The van der Waals surface area contributed by atoms with Gasteiger partial charge in [-0.3, -0.25) is 9.36 Å². The van der Waals surface area contributed by atoms with Gasteiger partial charge in [-0.15, -0.1) is 0 Å². The largest absolute Gasteiger partial charge is 0.484 e. The molecule has 1 N–H and O–H groups in total. The smallest absolute Gasteiger partial charge is 0.422 e. The maximum absolute atomic E-state index is 14.8. The van der Waals surface area contributed by atoms with Gasteiger partial charge in [-0.1, -0.05) is 6.07 Å². The molecule has 0 amide bonds. The van der Waals surface area contributed by atoms with Crippen molar-refractivity contribution in [2.24, 2.45) is 0 Å². The summed E-state index contributed by atoms with van der Waals surface area (Å²) >= 11 is 0. The van der Waals surface area contributed by atoms with E-state index in [1.54, 1.807) is 0 Å². The van der Waals surface area contributed by atoms with E-state index in [-0.39, 0.29) is 28.8 Å². The molecule has 13 heteroatoms. The first-order valence-corrected chi connectivity index (χ1v) is 10.2. The van der Waals surface area contributed by atoms with E-state index in [1.165, 1.54) is 42.5 Å². The summed E-state index contributed by atoms with van der Waals surface area (Å²) in [4.78, 5) is 21.1. The Kier molecular flexibility index (Phi) is 6.28. The summed E-state index contributed by atoms with van der Waals surface area (Å²) in [6.07, 6.45) is -0.973. The standard InChI is InChI=1S/C22H18F5N5O3/c1-13(21(34,8-31-11-28-10-30-31)17-5-2-14(23)6-18(17)24)32-12-29-19-7-15(35-9-22(25,26)27)3-4-16(19)20(32)33/h2-7,10-13,34H,8-9H2,1H3. The zero-order valence-corrected chi connectivity index (χ0v) is 18.1. The summed E-state index contributed by atoms with van der Waals surface area (Å²) < 4.78 is 72.5. The number of nitrogens with zero attached hydrogens (tertiary/aromatic N) is 5. The third-order valence-corrected chi connectivity index (χ3v) is 5.53. The lowest BCUT2D eigenvalue weighted by atomic mass is 9.86. The van der Waals surface area contributed by atoms with Crippen molar-refractivity contribution in [3.8, 4) is 5.75 Å². The average molecular weight is 495 g/mol. The second-order valence-electron chi connectivity index (χ2n) is 7.86. The number of benzene rings is 2. The second kappa shape index (κ2) is 9.06. The first kappa shape index (κ1) is 24.3. The van der Waals surface area contributed by atoms with Crippen molar-refractivity contribution in [3.05, 3.63) is 82.9 Å². The Labute approximate surface area is 194 Å². The maximum atomic E-state index is 14.8. The number of halogens is 5. The number of alkyl halides is 3. The van der Waals surface area contributed by atoms with Crippen molar-refractivity contribution >= 4 is 10.9 Å². The third kappa shape index (κ3) is 4.99. The number of hydrogen-bond donors (Lipinski definition) is 1. The van der Waals surface area contributed by atoms with Gasteiger partial charge in [0.05, 0.1) is 29.8 Å². The Bertz CT molecular complexity index is 1410. The third-order valence-electron chi connectivity index (χ3n) is 5.53. The van der Waals surface area contributed by atoms with Gasteiger partial charge >= 0.3 is 6.18 Å². The van der Waals surface area contributed by atoms with E-state index in [2.05, 4.69) is 19.8 Å². The SMILES string of the molecule is CC(n1cnc2cc(OCC(F)(F)F)ccc2c1=O)C(O)(Cn1cncn1)c1ccc(F)cc1F. The molecule has 0 saturated heterocycles. The summed E-state index contributed by atoms with van der Waals surface area (Å²) in [5.41, 5.74) is -2.99. The van der Waals surface area contributed by atoms with Crippen LogP contribution in [0.2, 0.25) is 0 Å². The number of aliphatic hydroxyl groups is 1. The van der Waals surface area contributed by atoms with Gasteiger partial charge in [-0.2, -0.15) is 18.3 Å². The van der Waals surface area contributed by atoms with E-state index in [9.17, 15) is 31.9 Å². The Morgan fingerprint density at radius 3 is 2.54 bits per heavy atom. The molecular weight excluding hydrogens is 477 g/mol. The van der Waals surface area contributed by atoms with Crippen molar-refractivity contribution in [2.45, 2.75) is 31.3 Å². The van der Waals surface area contributed by atoms with Crippen molar-refractivity contribution < 1.29 is 31.8 Å². The van der Waals surface area contributed by atoms with E-state index in [0.29, 0.717) is 6.07 Å². The predicted octanol–water partition coefficient (Wildman–Crippen LogP) is 3.36. The van der Waals surface area contributed by atoms with Crippen LogP contribution in [-0.2, 0) is 12.1 Å². The number of rotatable bonds is 7. The number of ether oxygens (including phenoxy) is 1. The lowest BCUT2D eigenvalue weighted by Gasteiger charge is -2.35. The second-order valence-corrected chi connectivity index (χ2v) is 7.86. The molecule has 0 bridgehead atoms. The highest BCUT2D eigenvalue weighted by molar-refractivity contribution is 5.78. The fourth-order valence-corrected chi connectivity index (χ4v) is 3.72. The minimum absolute atomic E-state index is 0.0291. The summed E-state index contributed by atoms with van der Waals surface area (Å²) in [5.74, 6) is -2.02. The molecule has 4 rings (SSSR count).